The molecule has 1 aromatic heterocycles. The molecule has 0 radical (unpaired) electrons. The minimum Gasteiger partial charge on any atom is -0.467 e. The molecule has 7 heteroatoms. The molecule has 1 heterocycles. The molecule has 3 N–H and O–H groups in total. The third kappa shape index (κ3) is 5.82. The maximum Gasteiger partial charge on any atom is 0.255 e. The number of para-hydroxylation sites is 1. The molecule has 3 aromatic rings. The average molecular weight is 419 g/mol. The smallest absolute Gasteiger partial charge is 0.255 e. The van der Waals surface area contributed by atoms with Gasteiger partial charge in [-0.1, -0.05) is 44.2 Å². The Morgan fingerprint density at radius 1 is 0.871 bits per heavy atom. The number of benzene rings is 2. The summed E-state index contributed by atoms with van der Waals surface area (Å²) in [5.41, 5.74) is 1.12. The highest BCUT2D eigenvalue weighted by Gasteiger charge is 2.26. The van der Waals surface area contributed by atoms with Gasteiger partial charge < -0.3 is 20.4 Å². The third-order valence-corrected chi connectivity index (χ3v) is 4.71. The summed E-state index contributed by atoms with van der Waals surface area (Å²) in [6, 6.07) is 18.2. The Hall–Kier alpha value is -3.87. The molecule has 1 atom stereocenters. The molecule has 2 aromatic carbocycles. The molecule has 31 heavy (non-hydrogen) atoms. The zero-order chi connectivity index (χ0) is 22.2. The molecule has 0 saturated heterocycles. The van der Waals surface area contributed by atoms with Gasteiger partial charge in [-0.05, 0) is 42.3 Å². The number of carbonyl (C=O) groups excluding carboxylic acids is 3. The van der Waals surface area contributed by atoms with Crippen LogP contribution in [0, 0.1) is 5.92 Å². The Kier molecular flexibility index (Phi) is 7.22. The number of hydrogen-bond acceptors (Lipinski definition) is 4. The first-order chi connectivity index (χ1) is 15.0. The number of carbonyl (C=O) groups is 3. The second-order valence-electron chi connectivity index (χ2n) is 7.36. The van der Waals surface area contributed by atoms with E-state index in [1.54, 1.807) is 60.7 Å². The Labute approximate surface area is 180 Å². The topological polar surface area (TPSA) is 100 Å². The van der Waals surface area contributed by atoms with E-state index in [2.05, 4.69) is 16.0 Å². The number of amides is 3. The Bertz CT molecular complexity index is 1030. The summed E-state index contributed by atoms with van der Waals surface area (Å²) < 4.78 is 5.22. The third-order valence-electron chi connectivity index (χ3n) is 4.71. The maximum absolute atomic E-state index is 13.0. The summed E-state index contributed by atoms with van der Waals surface area (Å²) in [6.45, 7) is 3.93. The van der Waals surface area contributed by atoms with Crippen LogP contribution in [0.25, 0.3) is 0 Å². The van der Waals surface area contributed by atoms with Crippen molar-refractivity contribution in [1.29, 1.82) is 0 Å². The fraction of sp³-hybridized carbons (Fsp3) is 0.208. The summed E-state index contributed by atoms with van der Waals surface area (Å²) in [5, 5.41) is 8.33. The van der Waals surface area contributed by atoms with Crippen molar-refractivity contribution < 1.29 is 18.8 Å². The van der Waals surface area contributed by atoms with Crippen LogP contribution < -0.4 is 16.0 Å². The van der Waals surface area contributed by atoms with E-state index in [9.17, 15) is 14.4 Å². The van der Waals surface area contributed by atoms with E-state index in [1.807, 2.05) is 19.9 Å². The Morgan fingerprint density at radius 2 is 1.58 bits per heavy atom. The second kappa shape index (κ2) is 10.2. The van der Waals surface area contributed by atoms with Crippen LogP contribution in [0.2, 0.25) is 0 Å². The number of furan rings is 1. The predicted molar refractivity (Wildman–Crippen MR) is 117 cm³/mol. The number of rotatable bonds is 8. The van der Waals surface area contributed by atoms with Crippen LogP contribution in [0.3, 0.4) is 0 Å². The van der Waals surface area contributed by atoms with Crippen molar-refractivity contribution in [2.75, 3.05) is 5.32 Å². The lowest BCUT2D eigenvalue weighted by Gasteiger charge is -2.22. The molecule has 3 rings (SSSR count). The van der Waals surface area contributed by atoms with E-state index in [0.717, 1.165) is 0 Å². The molecule has 7 nitrogen and oxygen atoms in total. The van der Waals surface area contributed by atoms with Crippen LogP contribution in [0.5, 0.6) is 0 Å². The molecule has 0 aliphatic rings. The highest BCUT2D eigenvalue weighted by Crippen LogP contribution is 2.17. The summed E-state index contributed by atoms with van der Waals surface area (Å²) in [7, 11) is 0. The summed E-state index contributed by atoms with van der Waals surface area (Å²) in [5.74, 6) is -0.610. The van der Waals surface area contributed by atoms with Gasteiger partial charge >= 0.3 is 0 Å². The molecule has 0 spiro atoms. The first-order valence-corrected chi connectivity index (χ1v) is 10.0. The van der Waals surface area contributed by atoms with Crippen LogP contribution >= 0.6 is 0 Å². The average Bonchev–Trinajstić information content (AvgIpc) is 3.30. The van der Waals surface area contributed by atoms with E-state index in [-0.39, 0.29) is 29.8 Å². The highest BCUT2D eigenvalue weighted by molar-refractivity contribution is 6.09. The largest absolute Gasteiger partial charge is 0.467 e. The van der Waals surface area contributed by atoms with E-state index < -0.39 is 11.9 Å². The van der Waals surface area contributed by atoms with Crippen molar-refractivity contribution in [3.05, 3.63) is 89.9 Å². The molecule has 160 valence electrons. The molecular weight excluding hydrogens is 394 g/mol. The standard InChI is InChI=1S/C24H25N3O4/c1-16(2)21(24(30)25-15-18-11-8-14-31-18)27-23(29)19-12-6-7-13-20(19)26-22(28)17-9-4-3-5-10-17/h3-14,16,21H,15H2,1-2H3,(H,25,30)(H,26,28)(H,27,29)/t21-/m0/s1. The molecule has 3 amide bonds. The van der Waals surface area contributed by atoms with Crippen molar-refractivity contribution in [1.82, 2.24) is 10.6 Å². The van der Waals surface area contributed by atoms with Gasteiger partial charge in [0.15, 0.2) is 0 Å². The van der Waals surface area contributed by atoms with Gasteiger partial charge in [0.25, 0.3) is 11.8 Å². The minimum absolute atomic E-state index is 0.147. The van der Waals surface area contributed by atoms with Crippen molar-refractivity contribution in [3.8, 4) is 0 Å². The van der Waals surface area contributed by atoms with Gasteiger partial charge in [0, 0.05) is 5.56 Å². The molecule has 0 aliphatic heterocycles. The van der Waals surface area contributed by atoms with Crippen LogP contribution in [-0.4, -0.2) is 23.8 Å². The van der Waals surface area contributed by atoms with Crippen molar-refractivity contribution in [2.45, 2.75) is 26.4 Å². The van der Waals surface area contributed by atoms with Crippen molar-refractivity contribution in [3.63, 3.8) is 0 Å². The molecule has 0 aliphatic carbocycles. The Balaban J connectivity index is 1.70. The SMILES string of the molecule is CC(C)[C@H](NC(=O)c1ccccc1NC(=O)c1ccccc1)C(=O)NCc1ccco1. The van der Waals surface area contributed by atoms with Crippen LogP contribution in [-0.2, 0) is 11.3 Å². The molecule has 0 fully saturated rings. The Morgan fingerprint density at radius 3 is 2.26 bits per heavy atom. The van der Waals surface area contributed by atoms with E-state index in [1.165, 1.54) is 6.26 Å². The van der Waals surface area contributed by atoms with E-state index >= 15 is 0 Å². The molecule has 0 unspecified atom stereocenters. The summed E-state index contributed by atoms with van der Waals surface area (Å²) >= 11 is 0. The molecular formula is C24H25N3O4. The zero-order valence-corrected chi connectivity index (χ0v) is 17.4. The summed E-state index contributed by atoms with van der Waals surface area (Å²) in [6.07, 6.45) is 1.53. The highest BCUT2D eigenvalue weighted by atomic mass is 16.3. The van der Waals surface area contributed by atoms with E-state index in [4.69, 9.17) is 4.42 Å². The van der Waals surface area contributed by atoms with Gasteiger partial charge in [-0.15, -0.1) is 0 Å². The quantitative estimate of drug-likeness (QED) is 0.519. The normalized spacial score (nSPS) is 11.6. The van der Waals surface area contributed by atoms with Gasteiger partial charge in [0.2, 0.25) is 5.91 Å². The number of nitrogens with one attached hydrogen (secondary N) is 3. The van der Waals surface area contributed by atoms with Gasteiger partial charge in [-0.2, -0.15) is 0 Å². The van der Waals surface area contributed by atoms with Crippen LogP contribution in [0.15, 0.2) is 77.4 Å². The van der Waals surface area contributed by atoms with Crippen molar-refractivity contribution in [2.24, 2.45) is 5.92 Å². The van der Waals surface area contributed by atoms with Gasteiger partial charge in [0.05, 0.1) is 24.1 Å². The van der Waals surface area contributed by atoms with Gasteiger partial charge in [0.1, 0.15) is 11.8 Å². The first kappa shape index (κ1) is 21.8. The maximum atomic E-state index is 13.0. The zero-order valence-electron chi connectivity index (χ0n) is 17.4. The first-order valence-electron chi connectivity index (χ1n) is 10.0. The number of anilines is 1. The monoisotopic (exact) mass is 419 g/mol. The molecule has 0 saturated carbocycles. The fourth-order valence-corrected chi connectivity index (χ4v) is 3.03. The van der Waals surface area contributed by atoms with Gasteiger partial charge in [-0.25, -0.2) is 0 Å². The predicted octanol–water partition coefficient (Wildman–Crippen LogP) is 3.60. The second-order valence-corrected chi connectivity index (χ2v) is 7.36. The van der Waals surface area contributed by atoms with Crippen LogP contribution in [0.1, 0.15) is 40.3 Å². The number of hydrogen-bond donors (Lipinski definition) is 3. The lowest BCUT2D eigenvalue weighted by Crippen LogP contribution is -2.49. The lowest BCUT2D eigenvalue weighted by molar-refractivity contribution is -0.124. The minimum atomic E-state index is -0.750. The van der Waals surface area contributed by atoms with Crippen LogP contribution in [0.4, 0.5) is 5.69 Å². The summed E-state index contributed by atoms with van der Waals surface area (Å²) in [4.78, 5) is 38.1. The molecule has 0 bridgehead atoms. The van der Waals surface area contributed by atoms with Gasteiger partial charge in [-0.3, -0.25) is 14.4 Å². The van der Waals surface area contributed by atoms with Crippen molar-refractivity contribution >= 4 is 23.4 Å². The van der Waals surface area contributed by atoms with E-state index in [0.29, 0.717) is 17.0 Å². The lowest BCUT2D eigenvalue weighted by atomic mass is 10.0. The fourth-order valence-electron chi connectivity index (χ4n) is 3.03.